The normalized spacial score (nSPS) is 21.8. The lowest BCUT2D eigenvalue weighted by molar-refractivity contribution is -0.141. The highest BCUT2D eigenvalue weighted by molar-refractivity contribution is 5.75. The summed E-state index contributed by atoms with van der Waals surface area (Å²) in [6.07, 6.45) is -0.713. The van der Waals surface area contributed by atoms with E-state index in [2.05, 4.69) is 0 Å². The summed E-state index contributed by atoms with van der Waals surface area (Å²) < 4.78 is 67.9. The molecule has 144 valence electrons. The second kappa shape index (κ2) is 7.40. The second-order valence-corrected chi connectivity index (χ2v) is 6.88. The predicted molar refractivity (Wildman–Crippen MR) is 85.5 cm³/mol. The van der Waals surface area contributed by atoms with E-state index in [1.807, 2.05) is 0 Å². The summed E-state index contributed by atoms with van der Waals surface area (Å²) in [5.41, 5.74) is -1.96. The molecule has 0 saturated carbocycles. The van der Waals surface area contributed by atoms with Crippen molar-refractivity contribution in [2.45, 2.75) is 50.7 Å². The fraction of sp³-hybridized carbons (Fsp3) is 0.611. The number of alkyl halides is 3. The molecule has 0 spiro atoms. The zero-order valence-electron chi connectivity index (χ0n) is 14.3. The molecule has 1 aromatic rings. The highest BCUT2D eigenvalue weighted by Crippen LogP contribution is 2.42. The third-order valence-electron chi connectivity index (χ3n) is 5.10. The highest BCUT2D eigenvalue weighted by Gasteiger charge is 2.42. The Hall–Kier alpha value is -1.86. The number of halogens is 5. The highest BCUT2D eigenvalue weighted by atomic mass is 19.4. The maximum atomic E-state index is 14.0. The van der Waals surface area contributed by atoms with Gasteiger partial charge in [-0.1, -0.05) is 0 Å². The van der Waals surface area contributed by atoms with E-state index in [1.54, 1.807) is 4.90 Å². The second-order valence-electron chi connectivity index (χ2n) is 6.88. The van der Waals surface area contributed by atoms with Gasteiger partial charge in [-0.2, -0.15) is 13.2 Å². The Morgan fingerprint density at radius 2 is 1.62 bits per heavy atom. The van der Waals surface area contributed by atoms with Gasteiger partial charge in [-0.15, -0.1) is 0 Å². The topological polar surface area (TPSA) is 23.6 Å². The van der Waals surface area contributed by atoms with E-state index in [9.17, 15) is 26.7 Å². The van der Waals surface area contributed by atoms with Gasteiger partial charge in [0, 0.05) is 25.7 Å². The number of amides is 2. The Morgan fingerprint density at radius 3 is 2.27 bits per heavy atom. The molecule has 2 heterocycles. The molecule has 1 atom stereocenters. The van der Waals surface area contributed by atoms with Crippen molar-refractivity contribution in [3.8, 4) is 0 Å². The van der Waals surface area contributed by atoms with Gasteiger partial charge in [0.25, 0.3) is 0 Å². The first kappa shape index (κ1) is 18.9. The van der Waals surface area contributed by atoms with Gasteiger partial charge in [0.15, 0.2) is 0 Å². The van der Waals surface area contributed by atoms with E-state index in [4.69, 9.17) is 0 Å². The molecular formula is C18H21F5N2O. The average molecular weight is 376 g/mol. The molecular weight excluding hydrogens is 355 g/mol. The van der Waals surface area contributed by atoms with Gasteiger partial charge in [-0.3, -0.25) is 0 Å². The van der Waals surface area contributed by atoms with Gasteiger partial charge in [-0.05, 0) is 50.2 Å². The first-order chi connectivity index (χ1) is 12.3. The number of hydrogen-bond donors (Lipinski definition) is 0. The van der Waals surface area contributed by atoms with Crippen LogP contribution in [-0.2, 0) is 6.18 Å². The first-order valence-corrected chi connectivity index (χ1v) is 8.90. The molecule has 0 radical (unpaired) electrons. The van der Waals surface area contributed by atoms with Crippen molar-refractivity contribution in [3.63, 3.8) is 0 Å². The number of likely N-dealkylation sites (tertiary alicyclic amines) is 2. The quantitative estimate of drug-likeness (QED) is 0.625. The molecule has 26 heavy (non-hydrogen) atoms. The van der Waals surface area contributed by atoms with Crippen LogP contribution in [0.1, 0.15) is 55.7 Å². The van der Waals surface area contributed by atoms with E-state index >= 15 is 0 Å². The smallest absolute Gasteiger partial charge is 0.325 e. The number of benzene rings is 1. The zero-order chi connectivity index (χ0) is 18.9. The maximum Gasteiger partial charge on any atom is 0.419 e. The van der Waals surface area contributed by atoms with Gasteiger partial charge in [-0.25, -0.2) is 13.6 Å². The molecule has 0 bridgehead atoms. The monoisotopic (exact) mass is 376 g/mol. The van der Waals surface area contributed by atoms with Crippen molar-refractivity contribution in [2.24, 2.45) is 0 Å². The van der Waals surface area contributed by atoms with Crippen LogP contribution in [0.5, 0.6) is 0 Å². The van der Waals surface area contributed by atoms with Crippen molar-refractivity contribution in [1.82, 2.24) is 9.80 Å². The van der Waals surface area contributed by atoms with Crippen LogP contribution in [0.2, 0.25) is 0 Å². The molecule has 8 heteroatoms. The molecule has 0 aliphatic carbocycles. The van der Waals surface area contributed by atoms with Crippen LogP contribution >= 0.6 is 0 Å². The van der Waals surface area contributed by atoms with Crippen molar-refractivity contribution in [3.05, 3.63) is 34.9 Å². The van der Waals surface area contributed by atoms with Gasteiger partial charge in [0.05, 0.1) is 11.6 Å². The number of piperidine rings is 2. The number of urea groups is 1. The Morgan fingerprint density at radius 1 is 0.962 bits per heavy atom. The molecule has 3 rings (SSSR count). The van der Waals surface area contributed by atoms with E-state index in [0.717, 1.165) is 25.3 Å². The summed E-state index contributed by atoms with van der Waals surface area (Å²) >= 11 is 0. The summed E-state index contributed by atoms with van der Waals surface area (Å²) in [6, 6.07) is -0.350. The van der Waals surface area contributed by atoms with E-state index in [0.29, 0.717) is 25.9 Å². The standard InChI is InChI=1S/C18H21F5N2O/c19-12-10-13(16(14(20)11-12)18(21,22)23)15-6-2-5-9-25(15)17(26)24-7-3-1-4-8-24/h10-11,15H,1-9H2. The van der Waals surface area contributed by atoms with Gasteiger partial charge in [0.2, 0.25) is 0 Å². The summed E-state index contributed by atoms with van der Waals surface area (Å²) in [4.78, 5) is 15.8. The summed E-state index contributed by atoms with van der Waals surface area (Å²) in [5.74, 6) is -2.70. The van der Waals surface area contributed by atoms with Crippen LogP contribution < -0.4 is 0 Å². The molecule has 2 saturated heterocycles. The van der Waals surface area contributed by atoms with Crippen LogP contribution in [0.15, 0.2) is 12.1 Å². The average Bonchev–Trinajstić information content (AvgIpc) is 2.60. The fourth-order valence-electron chi connectivity index (χ4n) is 3.91. The molecule has 0 aromatic heterocycles. The van der Waals surface area contributed by atoms with Crippen LogP contribution in [0, 0.1) is 11.6 Å². The Kier molecular flexibility index (Phi) is 5.39. The summed E-state index contributed by atoms with van der Waals surface area (Å²) in [7, 11) is 0. The largest absolute Gasteiger partial charge is 0.419 e. The number of nitrogens with zero attached hydrogens (tertiary/aromatic N) is 2. The van der Waals surface area contributed by atoms with Gasteiger partial charge >= 0.3 is 12.2 Å². The third kappa shape index (κ3) is 3.78. The van der Waals surface area contributed by atoms with Crippen LogP contribution in [0.3, 0.4) is 0 Å². The van der Waals surface area contributed by atoms with Crippen molar-refractivity contribution >= 4 is 6.03 Å². The van der Waals surface area contributed by atoms with Crippen LogP contribution in [0.4, 0.5) is 26.7 Å². The van der Waals surface area contributed by atoms with Crippen molar-refractivity contribution in [2.75, 3.05) is 19.6 Å². The lowest BCUT2D eigenvalue weighted by atomic mass is 9.91. The van der Waals surface area contributed by atoms with Gasteiger partial charge < -0.3 is 9.80 Å². The van der Waals surface area contributed by atoms with Crippen molar-refractivity contribution < 1.29 is 26.7 Å². The minimum atomic E-state index is -4.95. The Bertz CT molecular complexity index is 670. The lowest BCUT2D eigenvalue weighted by Gasteiger charge is -2.41. The molecule has 0 N–H and O–H groups in total. The molecule has 2 aliphatic heterocycles. The lowest BCUT2D eigenvalue weighted by Crippen LogP contribution is -2.48. The number of hydrogen-bond acceptors (Lipinski definition) is 1. The molecule has 2 aliphatic rings. The first-order valence-electron chi connectivity index (χ1n) is 8.90. The minimum Gasteiger partial charge on any atom is -0.325 e. The zero-order valence-corrected chi connectivity index (χ0v) is 14.3. The van der Waals surface area contributed by atoms with E-state index < -0.39 is 35.0 Å². The maximum absolute atomic E-state index is 14.0. The molecule has 2 amide bonds. The number of carbonyl (C=O) groups is 1. The van der Waals surface area contributed by atoms with E-state index in [-0.39, 0.29) is 25.1 Å². The Labute approximate surface area is 148 Å². The van der Waals surface area contributed by atoms with E-state index in [1.165, 1.54) is 4.90 Å². The third-order valence-corrected chi connectivity index (χ3v) is 5.10. The number of rotatable bonds is 1. The van der Waals surface area contributed by atoms with Crippen LogP contribution in [-0.4, -0.2) is 35.5 Å². The SMILES string of the molecule is O=C(N1CCCCC1)N1CCCCC1c1cc(F)cc(F)c1C(F)(F)F. The van der Waals surface area contributed by atoms with Crippen molar-refractivity contribution in [1.29, 1.82) is 0 Å². The molecule has 1 unspecified atom stereocenters. The minimum absolute atomic E-state index is 0.242. The van der Waals surface area contributed by atoms with Crippen LogP contribution in [0.25, 0.3) is 0 Å². The molecule has 2 fully saturated rings. The fourth-order valence-corrected chi connectivity index (χ4v) is 3.91. The Balaban J connectivity index is 1.99. The van der Waals surface area contributed by atoms with Gasteiger partial charge in [0.1, 0.15) is 11.6 Å². The summed E-state index contributed by atoms with van der Waals surface area (Å²) in [5, 5.41) is 0. The number of carbonyl (C=O) groups excluding carboxylic acids is 1. The predicted octanol–water partition coefficient (Wildman–Crippen LogP) is 5.12. The molecule has 3 nitrogen and oxygen atoms in total. The summed E-state index contributed by atoms with van der Waals surface area (Å²) in [6.45, 7) is 1.41. The molecule has 1 aromatic carbocycles.